The number of nitrogens with one attached hydrogen (secondary N) is 1. The van der Waals surface area contributed by atoms with Gasteiger partial charge in [-0.25, -0.2) is 9.97 Å². The van der Waals surface area contributed by atoms with Gasteiger partial charge in [0.2, 0.25) is 0 Å². The van der Waals surface area contributed by atoms with Crippen molar-refractivity contribution < 1.29 is 9.47 Å². The van der Waals surface area contributed by atoms with Crippen molar-refractivity contribution >= 4 is 23.6 Å². The second-order valence-corrected chi connectivity index (χ2v) is 4.54. The molecule has 2 aromatic heterocycles. The third-order valence-electron chi connectivity index (χ3n) is 3.14. The van der Waals surface area contributed by atoms with Crippen molar-refractivity contribution in [2.45, 2.75) is 6.92 Å². The van der Waals surface area contributed by atoms with Crippen molar-refractivity contribution in [3.63, 3.8) is 0 Å². The Labute approximate surface area is 128 Å². The van der Waals surface area contributed by atoms with Gasteiger partial charge in [0.1, 0.15) is 17.3 Å². The second kappa shape index (κ2) is 6.01. The predicted octanol–water partition coefficient (Wildman–Crippen LogP) is 3.37. The Morgan fingerprint density at radius 3 is 2.62 bits per heavy atom. The SMILES string of the molecule is COc1ccc(-c2nc3ncc(C)cc3[nH]2)c(OC)c1.Cl. The molecule has 21 heavy (non-hydrogen) atoms. The number of H-pyrrole nitrogens is 1. The zero-order chi connectivity index (χ0) is 14.1. The van der Waals surface area contributed by atoms with Crippen LogP contribution in [0.15, 0.2) is 30.5 Å². The lowest BCUT2D eigenvalue weighted by Gasteiger charge is -2.08. The normalized spacial score (nSPS) is 10.2. The zero-order valence-electron chi connectivity index (χ0n) is 12.0. The van der Waals surface area contributed by atoms with E-state index in [0.717, 1.165) is 28.2 Å². The molecule has 0 saturated heterocycles. The number of methoxy groups -OCH3 is 2. The van der Waals surface area contributed by atoms with Gasteiger partial charge in [-0.3, -0.25) is 0 Å². The second-order valence-electron chi connectivity index (χ2n) is 4.54. The van der Waals surface area contributed by atoms with Crippen LogP contribution in [0.2, 0.25) is 0 Å². The van der Waals surface area contributed by atoms with E-state index in [4.69, 9.17) is 9.47 Å². The van der Waals surface area contributed by atoms with Crippen molar-refractivity contribution in [2.75, 3.05) is 14.2 Å². The van der Waals surface area contributed by atoms with E-state index in [-0.39, 0.29) is 12.4 Å². The first kappa shape index (κ1) is 15.1. The highest BCUT2D eigenvalue weighted by molar-refractivity contribution is 5.85. The number of pyridine rings is 1. The van der Waals surface area contributed by atoms with Crippen LogP contribution in [-0.4, -0.2) is 29.2 Å². The standard InChI is InChI=1S/C15H15N3O2.ClH/c1-9-6-12-15(16-8-9)18-14(17-12)11-5-4-10(19-2)7-13(11)20-3;/h4-8H,1-3H3,(H,16,17,18);1H. The third kappa shape index (κ3) is 2.78. The smallest absolute Gasteiger partial charge is 0.178 e. The van der Waals surface area contributed by atoms with Crippen LogP contribution in [0, 0.1) is 6.92 Å². The van der Waals surface area contributed by atoms with Gasteiger partial charge in [0.15, 0.2) is 5.65 Å². The Balaban J connectivity index is 0.00000161. The first-order chi connectivity index (χ1) is 9.71. The molecule has 0 unspecified atom stereocenters. The molecule has 2 heterocycles. The molecule has 3 rings (SSSR count). The van der Waals surface area contributed by atoms with Crippen LogP contribution in [0.25, 0.3) is 22.6 Å². The summed E-state index contributed by atoms with van der Waals surface area (Å²) in [4.78, 5) is 12.1. The van der Waals surface area contributed by atoms with E-state index < -0.39 is 0 Å². The number of nitrogens with zero attached hydrogens (tertiary/aromatic N) is 2. The summed E-state index contributed by atoms with van der Waals surface area (Å²) in [6.45, 7) is 2.00. The highest BCUT2D eigenvalue weighted by atomic mass is 35.5. The summed E-state index contributed by atoms with van der Waals surface area (Å²) in [6, 6.07) is 7.65. The molecule has 0 amide bonds. The Bertz CT molecular complexity index is 771. The number of aryl methyl sites for hydroxylation is 1. The maximum Gasteiger partial charge on any atom is 0.178 e. The predicted molar refractivity (Wildman–Crippen MR) is 84.4 cm³/mol. The summed E-state index contributed by atoms with van der Waals surface area (Å²) in [5, 5.41) is 0. The Morgan fingerprint density at radius 1 is 1.10 bits per heavy atom. The van der Waals surface area contributed by atoms with Crippen LogP contribution < -0.4 is 9.47 Å². The quantitative estimate of drug-likeness (QED) is 0.806. The largest absolute Gasteiger partial charge is 0.497 e. The molecule has 1 aromatic carbocycles. The van der Waals surface area contributed by atoms with E-state index in [1.165, 1.54) is 0 Å². The van der Waals surface area contributed by atoms with Crippen molar-refractivity contribution in [1.82, 2.24) is 15.0 Å². The maximum absolute atomic E-state index is 5.40. The molecule has 0 saturated carbocycles. The fraction of sp³-hybridized carbons (Fsp3) is 0.200. The van der Waals surface area contributed by atoms with E-state index in [0.29, 0.717) is 11.4 Å². The number of benzene rings is 1. The first-order valence-corrected chi connectivity index (χ1v) is 6.26. The van der Waals surface area contributed by atoms with Gasteiger partial charge >= 0.3 is 0 Å². The average Bonchev–Trinajstić information content (AvgIpc) is 2.89. The minimum atomic E-state index is 0. The van der Waals surface area contributed by atoms with Crippen LogP contribution in [-0.2, 0) is 0 Å². The zero-order valence-corrected chi connectivity index (χ0v) is 12.8. The molecule has 110 valence electrons. The van der Waals surface area contributed by atoms with Gasteiger partial charge in [0.05, 0.1) is 25.3 Å². The molecule has 1 N–H and O–H groups in total. The number of hydrogen-bond acceptors (Lipinski definition) is 4. The molecule has 0 radical (unpaired) electrons. The first-order valence-electron chi connectivity index (χ1n) is 6.26. The molecule has 0 spiro atoms. The van der Waals surface area contributed by atoms with Gasteiger partial charge in [0, 0.05) is 12.3 Å². The number of rotatable bonds is 3. The number of imidazole rings is 1. The highest BCUT2D eigenvalue weighted by Gasteiger charge is 2.12. The molecule has 6 heteroatoms. The monoisotopic (exact) mass is 305 g/mol. The molecule has 5 nitrogen and oxygen atoms in total. The van der Waals surface area contributed by atoms with E-state index in [1.807, 2.05) is 31.2 Å². The van der Waals surface area contributed by atoms with Gasteiger partial charge in [-0.2, -0.15) is 0 Å². The minimum absolute atomic E-state index is 0. The highest BCUT2D eigenvalue weighted by Crippen LogP contribution is 2.32. The van der Waals surface area contributed by atoms with Gasteiger partial charge in [-0.1, -0.05) is 0 Å². The fourth-order valence-corrected chi connectivity index (χ4v) is 2.13. The van der Waals surface area contributed by atoms with Crippen molar-refractivity contribution in [2.24, 2.45) is 0 Å². The van der Waals surface area contributed by atoms with Crippen molar-refractivity contribution in [3.8, 4) is 22.9 Å². The Morgan fingerprint density at radius 2 is 1.90 bits per heavy atom. The average molecular weight is 306 g/mol. The summed E-state index contributed by atoms with van der Waals surface area (Å²) in [5.74, 6) is 2.19. The minimum Gasteiger partial charge on any atom is -0.497 e. The van der Waals surface area contributed by atoms with Gasteiger partial charge in [-0.05, 0) is 30.7 Å². The van der Waals surface area contributed by atoms with Crippen LogP contribution in [0.3, 0.4) is 0 Å². The van der Waals surface area contributed by atoms with Crippen molar-refractivity contribution in [3.05, 3.63) is 36.0 Å². The number of halogens is 1. The van der Waals surface area contributed by atoms with Crippen LogP contribution in [0.5, 0.6) is 11.5 Å². The lowest BCUT2D eigenvalue weighted by atomic mass is 10.2. The number of fused-ring (bicyclic) bond motifs is 1. The summed E-state index contributed by atoms with van der Waals surface area (Å²) in [5.41, 5.74) is 3.58. The molecule has 3 aromatic rings. The van der Waals surface area contributed by atoms with Gasteiger partial charge in [-0.15, -0.1) is 12.4 Å². The molecule has 0 atom stereocenters. The number of aromatic nitrogens is 3. The fourth-order valence-electron chi connectivity index (χ4n) is 2.13. The molecule has 0 aliphatic heterocycles. The molecule has 0 aliphatic carbocycles. The lowest BCUT2D eigenvalue weighted by molar-refractivity contribution is 0.395. The van der Waals surface area contributed by atoms with Crippen LogP contribution >= 0.6 is 12.4 Å². The van der Waals surface area contributed by atoms with Gasteiger partial charge < -0.3 is 14.5 Å². The van der Waals surface area contributed by atoms with E-state index in [2.05, 4.69) is 15.0 Å². The summed E-state index contributed by atoms with van der Waals surface area (Å²) >= 11 is 0. The number of hydrogen-bond donors (Lipinski definition) is 1. The summed E-state index contributed by atoms with van der Waals surface area (Å²) < 4.78 is 10.6. The van der Waals surface area contributed by atoms with E-state index >= 15 is 0 Å². The maximum atomic E-state index is 5.40. The van der Waals surface area contributed by atoms with Crippen LogP contribution in [0.4, 0.5) is 0 Å². The Kier molecular flexibility index (Phi) is 4.33. The van der Waals surface area contributed by atoms with Crippen molar-refractivity contribution in [1.29, 1.82) is 0 Å². The van der Waals surface area contributed by atoms with E-state index in [1.54, 1.807) is 20.4 Å². The summed E-state index contributed by atoms with van der Waals surface area (Å²) in [6.07, 6.45) is 1.80. The van der Waals surface area contributed by atoms with Gasteiger partial charge in [0.25, 0.3) is 0 Å². The lowest BCUT2D eigenvalue weighted by Crippen LogP contribution is -1.91. The van der Waals surface area contributed by atoms with Crippen LogP contribution in [0.1, 0.15) is 5.56 Å². The molecular weight excluding hydrogens is 290 g/mol. The molecule has 0 fully saturated rings. The molecule has 0 bridgehead atoms. The number of aromatic amines is 1. The molecule has 0 aliphatic rings. The third-order valence-corrected chi connectivity index (χ3v) is 3.14. The molecular formula is C15H16ClN3O2. The summed E-state index contributed by atoms with van der Waals surface area (Å²) in [7, 11) is 3.26. The topological polar surface area (TPSA) is 60.0 Å². The number of ether oxygens (including phenoxy) is 2. The Hall–Kier alpha value is -2.27. The van der Waals surface area contributed by atoms with E-state index in [9.17, 15) is 0 Å².